The van der Waals surface area contributed by atoms with Crippen LogP contribution in [0.4, 0.5) is 0 Å². The van der Waals surface area contributed by atoms with Crippen molar-refractivity contribution in [2.45, 2.75) is 33.4 Å². The number of carbonyl (C=O) groups is 1. The zero-order valence-corrected chi connectivity index (χ0v) is 19.4. The van der Waals surface area contributed by atoms with Gasteiger partial charge in [-0.15, -0.1) is 0 Å². The molecule has 0 aliphatic carbocycles. The predicted molar refractivity (Wildman–Crippen MR) is 132 cm³/mol. The average Bonchev–Trinajstić information content (AvgIpc) is 3.11. The number of carboxylic acids is 1. The quantitative estimate of drug-likeness (QED) is 0.343. The molecule has 0 bridgehead atoms. The van der Waals surface area contributed by atoms with Crippen LogP contribution in [0.2, 0.25) is 0 Å². The smallest absolute Gasteiger partial charge is 0.352 e. The van der Waals surface area contributed by atoms with E-state index in [4.69, 9.17) is 4.74 Å². The number of hydrogen-bond donors (Lipinski definition) is 2. The minimum Gasteiger partial charge on any atom is -0.497 e. The molecule has 0 aliphatic heterocycles. The molecule has 0 spiro atoms. The van der Waals surface area contributed by atoms with Crippen molar-refractivity contribution in [2.24, 2.45) is 0 Å². The molecule has 4 aromatic rings. The highest BCUT2D eigenvalue weighted by atomic mass is 16.5. The number of methoxy groups -OCH3 is 1. The van der Waals surface area contributed by atoms with Crippen molar-refractivity contribution in [3.8, 4) is 5.75 Å². The van der Waals surface area contributed by atoms with Crippen molar-refractivity contribution in [1.82, 2.24) is 9.88 Å². The molecule has 0 amide bonds. The van der Waals surface area contributed by atoms with Crippen molar-refractivity contribution < 1.29 is 14.6 Å². The van der Waals surface area contributed by atoms with E-state index in [-0.39, 0.29) is 0 Å². The molecule has 0 aliphatic rings. The Morgan fingerprint density at radius 3 is 2.27 bits per heavy atom. The third-order valence-electron chi connectivity index (χ3n) is 6.04. The number of nitrogens with zero attached hydrogens (tertiary/aromatic N) is 1. The van der Waals surface area contributed by atoms with Gasteiger partial charge in [0.1, 0.15) is 11.4 Å². The van der Waals surface area contributed by atoms with E-state index < -0.39 is 5.97 Å². The van der Waals surface area contributed by atoms with E-state index in [0.717, 1.165) is 46.3 Å². The van der Waals surface area contributed by atoms with Crippen LogP contribution in [-0.4, -0.2) is 29.3 Å². The number of carboxylic acid groups (broad SMARTS) is 1. The Balaban J connectivity index is 1.62. The molecule has 170 valence electrons. The Kier molecular flexibility index (Phi) is 6.80. The summed E-state index contributed by atoms with van der Waals surface area (Å²) in [5, 5.41) is 14.6. The van der Waals surface area contributed by atoms with Crippen molar-refractivity contribution in [2.75, 3.05) is 13.7 Å². The van der Waals surface area contributed by atoms with Gasteiger partial charge in [-0.25, -0.2) is 4.79 Å². The lowest BCUT2D eigenvalue weighted by molar-refractivity contribution is 0.0684. The largest absolute Gasteiger partial charge is 0.497 e. The molecule has 4 rings (SSSR count). The second kappa shape index (κ2) is 9.92. The molecule has 3 aromatic carbocycles. The number of aromatic nitrogens is 1. The van der Waals surface area contributed by atoms with E-state index in [9.17, 15) is 9.90 Å². The Labute approximate surface area is 194 Å². The van der Waals surface area contributed by atoms with Crippen LogP contribution >= 0.6 is 0 Å². The number of ether oxygens (including phenoxy) is 1. The van der Waals surface area contributed by atoms with Gasteiger partial charge in [-0.2, -0.15) is 0 Å². The highest BCUT2D eigenvalue weighted by Crippen LogP contribution is 2.29. The predicted octanol–water partition coefficient (Wildman–Crippen LogP) is 5.35. The maximum atomic E-state index is 12.4. The van der Waals surface area contributed by atoms with Crippen LogP contribution in [0, 0.1) is 13.8 Å². The summed E-state index contributed by atoms with van der Waals surface area (Å²) in [6.45, 7) is 5.87. The van der Waals surface area contributed by atoms with Crippen molar-refractivity contribution in [3.63, 3.8) is 0 Å². The minimum atomic E-state index is -0.910. The van der Waals surface area contributed by atoms with Gasteiger partial charge in [-0.1, -0.05) is 54.1 Å². The lowest BCUT2D eigenvalue weighted by atomic mass is 10.1. The Morgan fingerprint density at radius 1 is 0.939 bits per heavy atom. The van der Waals surface area contributed by atoms with Gasteiger partial charge in [0.05, 0.1) is 7.11 Å². The van der Waals surface area contributed by atoms with Gasteiger partial charge in [-0.05, 0) is 61.7 Å². The molecule has 0 unspecified atom stereocenters. The molecular formula is C28H30N2O3. The van der Waals surface area contributed by atoms with Crippen LogP contribution in [0.15, 0.2) is 66.7 Å². The summed E-state index contributed by atoms with van der Waals surface area (Å²) in [6.07, 6.45) is 0.895. The molecular weight excluding hydrogens is 412 g/mol. The fourth-order valence-corrected chi connectivity index (χ4v) is 4.23. The van der Waals surface area contributed by atoms with E-state index in [1.54, 1.807) is 7.11 Å². The molecule has 1 heterocycles. The first-order chi connectivity index (χ1) is 16.0. The van der Waals surface area contributed by atoms with Gasteiger partial charge in [0.15, 0.2) is 0 Å². The molecule has 2 N–H and O–H groups in total. The van der Waals surface area contributed by atoms with Crippen LogP contribution < -0.4 is 10.1 Å². The summed E-state index contributed by atoms with van der Waals surface area (Å²) in [6, 6.07) is 22.4. The molecule has 0 radical (unpaired) electrons. The topological polar surface area (TPSA) is 63.5 Å². The van der Waals surface area contributed by atoms with Gasteiger partial charge < -0.3 is 19.7 Å². The molecule has 5 nitrogen and oxygen atoms in total. The molecule has 0 saturated heterocycles. The number of aryl methyl sites for hydroxylation is 2. The number of hydrogen-bond acceptors (Lipinski definition) is 3. The number of benzene rings is 3. The maximum Gasteiger partial charge on any atom is 0.352 e. The van der Waals surface area contributed by atoms with Gasteiger partial charge in [0.25, 0.3) is 0 Å². The Morgan fingerprint density at radius 2 is 1.61 bits per heavy atom. The van der Waals surface area contributed by atoms with Crippen molar-refractivity contribution >= 4 is 16.9 Å². The van der Waals surface area contributed by atoms with Gasteiger partial charge in [0.2, 0.25) is 0 Å². The molecule has 1 aromatic heterocycles. The zero-order chi connectivity index (χ0) is 23.4. The van der Waals surface area contributed by atoms with Crippen LogP contribution in [0.5, 0.6) is 5.75 Å². The molecule has 33 heavy (non-hydrogen) atoms. The standard InChI is InChI=1S/C28H30N2O3/c1-19-4-7-21(8-5-19)14-15-29-17-25-24-13-6-20(2)16-26(24)30(27(25)28(31)32)18-22-9-11-23(33-3)12-10-22/h4-13,16,29H,14-15,17-18H2,1-3H3,(H,31,32). The highest BCUT2D eigenvalue weighted by Gasteiger charge is 2.22. The highest BCUT2D eigenvalue weighted by molar-refractivity contribution is 5.98. The summed E-state index contributed by atoms with van der Waals surface area (Å²) >= 11 is 0. The van der Waals surface area contributed by atoms with Crippen LogP contribution in [0.1, 0.15) is 38.3 Å². The molecule has 0 atom stereocenters. The Hall–Kier alpha value is -3.57. The Bertz CT molecular complexity index is 1260. The summed E-state index contributed by atoms with van der Waals surface area (Å²) in [7, 11) is 1.64. The second-order valence-corrected chi connectivity index (χ2v) is 8.50. The third-order valence-corrected chi connectivity index (χ3v) is 6.04. The van der Waals surface area contributed by atoms with Crippen molar-refractivity contribution in [1.29, 1.82) is 0 Å². The minimum absolute atomic E-state index is 0.342. The molecule has 0 fully saturated rings. The first kappa shape index (κ1) is 22.6. The monoisotopic (exact) mass is 442 g/mol. The van der Waals surface area contributed by atoms with Gasteiger partial charge in [-0.3, -0.25) is 0 Å². The first-order valence-corrected chi connectivity index (χ1v) is 11.2. The second-order valence-electron chi connectivity index (χ2n) is 8.50. The van der Waals surface area contributed by atoms with E-state index >= 15 is 0 Å². The number of rotatable bonds is 9. The third kappa shape index (κ3) is 5.10. The molecule has 0 saturated carbocycles. The maximum absolute atomic E-state index is 12.4. The van der Waals surface area contributed by atoms with E-state index in [1.807, 2.05) is 47.9 Å². The first-order valence-electron chi connectivity index (χ1n) is 11.2. The summed E-state index contributed by atoms with van der Waals surface area (Å²) in [4.78, 5) is 12.4. The van der Waals surface area contributed by atoms with Crippen LogP contribution in [0.25, 0.3) is 10.9 Å². The van der Waals surface area contributed by atoms with Crippen LogP contribution in [-0.2, 0) is 19.5 Å². The summed E-state index contributed by atoms with van der Waals surface area (Å²) in [5.74, 6) is -0.128. The lowest BCUT2D eigenvalue weighted by Crippen LogP contribution is -2.19. The lowest BCUT2D eigenvalue weighted by Gasteiger charge is -2.11. The number of fused-ring (bicyclic) bond motifs is 1. The van der Waals surface area contributed by atoms with Crippen molar-refractivity contribution in [3.05, 3.63) is 100 Å². The SMILES string of the molecule is COc1ccc(Cn2c(C(=O)O)c(CNCCc3ccc(C)cc3)c3ccc(C)cc32)cc1. The average molecular weight is 443 g/mol. The van der Waals surface area contributed by atoms with Gasteiger partial charge >= 0.3 is 5.97 Å². The summed E-state index contributed by atoms with van der Waals surface area (Å²) in [5.41, 5.74) is 6.76. The zero-order valence-electron chi connectivity index (χ0n) is 19.4. The van der Waals surface area contributed by atoms with Crippen LogP contribution in [0.3, 0.4) is 0 Å². The number of nitrogens with one attached hydrogen (secondary N) is 1. The fraction of sp³-hybridized carbons (Fsp3) is 0.250. The van der Waals surface area contributed by atoms with E-state index in [1.165, 1.54) is 11.1 Å². The molecule has 5 heteroatoms. The fourth-order valence-electron chi connectivity index (χ4n) is 4.23. The number of aromatic carboxylic acids is 1. The van der Waals surface area contributed by atoms with Gasteiger partial charge in [0, 0.05) is 29.6 Å². The van der Waals surface area contributed by atoms with E-state index in [0.29, 0.717) is 18.8 Å². The summed E-state index contributed by atoms with van der Waals surface area (Å²) < 4.78 is 7.17. The van der Waals surface area contributed by atoms with E-state index in [2.05, 4.69) is 42.6 Å². The normalized spacial score (nSPS) is 11.1.